The lowest BCUT2D eigenvalue weighted by Crippen LogP contribution is -2.40. The first kappa shape index (κ1) is 17.9. The highest BCUT2D eigenvalue weighted by Gasteiger charge is 2.22. The van der Waals surface area contributed by atoms with Gasteiger partial charge < -0.3 is 19.5 Å². The molecule has 0 amide bonds. The van der Waals surface area contributed by atoms with Crippen molar-refractivity contribution in [3.63, 3.8) is 0 Å². The molecule has 1 atom stereocenters. The van der Waals surface area contributed by atoms with Crippen LogP contribution in [-0.2, 0) is 11.3 Å². The molecule has 1 fully saturated rings. The lowest BCUT2D eigenvalue weighted by Gasteiger charge is -2.33. The average Bonchev–Trinajstić information content (AvgIpc) is 3.18. The van der Waals surface area contributed by atoms with Gasteiger partial charge in [0.25, 0.3) is 0 Å². The minimum Gasteiger partial charge on any atom is -0.497 e. The lowest BCUT2D eigenvalue weighted by atomic mass is 10.1. The SMILES string of the molecule is COc1ccc(COCC(O)CN2CCC(n3cccn3)CC2)cc1. The van der Waals surface area contributed by atoms with Crippen molar-refractivity contribution in [3.05, 3.63) is 48.3 Å². The number of aromatic nitrogens is 2. The molecule has 1 unspecified atom stereocenters. The fourth-order valence-electron chi connectivity index (χ4n) is 3.25. The first-order valence-corrected chi connectivity index (χ1v) is 8.85. The monoisotopic (exact) mass is 345 g/mol. The van der Waals surface area contributed by atoms with Crippen molar-refractivity contribution in [2.45, 2.75) is 31.6 Å². The van der Waals surface area contributed by atoms with Crippen molar-refractivity contribution in [1.82, 2.24) is 14.7 Å². The van der Waals surface area contributed by atoms with Crippen LogP contribution >= 0.6 is 0 Å². The van der Waals surface area contributed by atoms with E-state index in [1.54, 1.807) is 7.11 Å². The number of nitrogens with zero attached hydrogens (tertiary/aromatic N) is 3. The van der Waals surface area contributed by atoms with Gasteiger partial charge in [-0.25, -0.2) is 0 Å². The summed E-state index contributed by atoms with van der Waals surface area (Å²) >= 11 is 0. The quantitative estimate of drug-likeness (QED) is 0.794. The summed E-state index contributed by atoms with van der Waals surface area (Å²) < 4.78 is 12.8. The summed E-state index contributed by atoms with van der Waals surface area (Å²) in [4.78, 5) is 2.31. The molecule has 25 heavy (non-hydrogen) atoms. The van der Waals surface area contributed by atoms with Gasteiger partial charge in [-0.2, -0.15) is 5.10 Å². The fraction of sp³-hybridized carbons (Fsp3) is 0.526. The second-order valence-corrected chi connectivity index (χ2v) is 6.53. The van der Waals surface area contributed by atoms with Gasteiger partial charge in [0.15, 0.2) is 0 Å². The van der Waals surface area contributed by atoms with Crippen molar-refractivity contribution in [2.24, 2.45) is 0 Å². The number of piperidine rings is 1. The van der Waals surface area contributed by atoms with Gasteiger partial charge in [-0.05, 0) is 36.6 Å². The van der Waals surface area contributed by atoms with Crippen molar-refractivity contribution >= 4 is 0 Å². The summed E-state index contributed by atoms with van der Waals surface area (Å²) in [7, 11) is 1.65. The number of benzene rings is 1. The average molecular weight is 345 g/mol. The van der Waals surface area contributed by atoms with E-state index in [1.807, 2.05) is 47.4 Å². The van der Waals surface area contributed by atoms with Crippen LogP contribution in [-0.4, -0.2) is 59.2 Å². The maximum absolute atomic E-state index is 10.2. The van der Waals surface area contributed by atoms with E-state index in [0.29, 0.717) is 25.8 Å². The summed E-state index contributed by atoms with van der Waals surface area (Å²) in [6.07, 6.45) is 5.54. The molecule has 0 spiro atoms. The third-order valence-electron chi connectivity index (χ3n) is 4.66. The molecule has 6 heteroatoms. The Bertz CT molecular complexity index is 607. The molecule has 1 saturated heterocycles. The summed E-state index contributed by atoms with van der Waals surface area (Å²) in [6.45, 7) is 3.49. The van der Waals surface area contributed by atoms with Crippen molar-refractivity contribution in [1.29, 1.82) is 0 Å². The van der Waals surface area contributed by atoms with Crippen LogP contribution < -0.4 is 4.74 Å². The molecule has 0 radical (unpaired) electrons. The highest BCUT2D eigenvalue weighted by atomic mass is 16.5. The number of methoxy groups -OCH3 is 1. The highest BCUT2D eigenvalue weighted by molar-refractivity contribution is 5.26. The van der Waals surface area contributed by atoms with E-state index in [9.17, 15) is 5.11 Å². The Hall–Kier alpha value is -1.89. The highest BCUT2D eigenvalue weighted by Crippen LogP contribution is 2.21. The topological polar surface area (TPSA) is 59.8 Å². The Morgan fingerprint density at radius 2 is 2.00 bits per heavy atom. The molecule has 2 aromatic rings. The van der Waals surface area contributed by atoms with Crippen molar-refractivity contribution in [2.75, 3.05) is 33.4 Å². The van der Waals surface area contributed by atoms with E-state index >= 15 is 0 Å². The maximum Gasteiger partial charge on any atom is 0.118 e. The van der Waals surface area contributed by atoms with E-state index in [-0.39, 0.29) is 0 Å². The predicted octanol–water partition coefficient (Wildman–Crippen LogP) is 2.11. The van der Waals surface area contributed by atoms with Gasteiger partial charge in [0.2, 0.25) is 0 Å². The number of β-amino-alcohol motifs (C(OH)–C–C–N with tert-alkyl or cyclic N) is 1. The number of likely N-dealkylation sites (tertiary alicyclic amines) is 1. The zero-order valence-corrected chi connectivity index (χ0v) is 14.8. The van der Waals surface area contributed by atoms with Gasteiger partial charge in [-0.3, -0.25) is 4.68 Å². The van der Waals surface area contributed by atoms with E-state index in [2.05, 4.69) is 10.00 Å². The molecule has 1 N–H and O–H groups in total. The number of ether oxygens (including phenoxy) is 2. The number of rotatable bonds is 8. The molecule has 2 heterocycles. The maximum atomic E-state index is 10.2. The van der Waals surface area contributed by atoms with E-state index in [1.165, 1.54) is 0 Å². The number of aliphatic hydroxyl groups excluding tert-OH is 1. The molecule has 1 aliphatic rings. The second kappa shape index (κ2) is 8.99. The van der Waals surface area contributed by atoms with Gasteiger partial charge in [0.05, 0.1) is 32.5 Å². The summed E-state index contributed by atoms with van der Waals surface area (Å²) in [6, 6.07) is 10.2. The van der Waals surface area contributed by atoms with Gasteiger partial charge in [-0.1, -0.05) is 12.1 Å². The molecular weight excluding hydrogens is 318 g/mol. The zero-order valence-electron chi connectivity index (χ0n) is 14.8. The molecule has 1 aromatic heterocycles. The zero-order chi connectivity index (χ0) is 17.5. The van der Waals surface area contributed by atoms with Gasteiger partial charge in [0.1, 0.15) is 5.75 Å². The molecule has 3 rings (SSSR count). The van der Waals surface area contributed by atoms with Crippen LogP contribution in [0.25, 0.3) is 0 Å². The molecule has 6 nitrogen and oxygen atoms in total. The summed E-state index contributed by atoms with van der Waals surface area (Å²) in [5, 5.41) is 14.5. The van der Waals surface area contributed by atoms with Gasteiger partial charge >= 0.3 is 0 Å². The van der Waals surface area contributed by atoms with E-state index < -0.39 is 6.10 Å². The minimum atomic E-state index is -0.459. The minimum absolute atomic E-state index is 0.352. The second-order valence-electron chi connectivity index (χ2n) is 6.53. The largest absolute Gasteiger partial charge is 0.497 e. The van der Waals surface area contributed by atoms with Crippen molar-refractivity contribution < 1.29 is 14.6 Å². The standard InChI is InChI=1S/C19H27N3O3/c1-24-19-5-3-16(4-6-19)14-25-15-18(23)13-21-11-7-17(8-12-21)22-10-2-9-20-22/h2-6,9-10,17-18,23H,7-8,11-15H2,1H3. The Kier molecular flexibility index (Phi) is 6.44. The van der Waals surface area contributed by atoms with Crippen LogP contribution in [0.1, 0.15) is 24.4 Å². The Morgan fingerprint density at radius 1 is 1.24 bits per heavy atom. The predicted molar refractivity (Wildman–Crippen MR) is 95.6 cm³/mol. The number of hydrogen-bond acceptors (Lipinski definition) is 5. The van der Waals surface area contributed by atoms with Crippen LogP contribution in [0.2, 0.25) is 0 Å². The van der Waals surface area contributed by atoms with Gasteiger partial charge in [-0.15, -0.1) is 0 Å². The summed E-state index contributed by atoms with van der Waals surface area (Å²) in [5.74, 6) is 0.835. The molecular formula is C19H27N3O3. The van der Waals surface area contributed by atoms with Crippen LogP contribution in [0.15, 0.2) is 42.7 Å². The van der Waals surface area contributed by atoms with Crippen LogP contribution in [0.5, 0.6) is 5.75 Å². The molecule has 0 saturated carbocycles. The van der Waals surface area contributed by atoms with Crippen LogP contribution in [0.3, 0.4) is 0 Å². The summed E-state index contributed by atoms with van der Waals surface area (Å²) in [5.41, 5.74) is 1.08. The Balaban J connectivity index is 1.33. The number of aliphatic hydroxyl groups is 1. The fourth-order valence-corrected chi connectivity index (χ4v) is 3.25. The Labute approximate surface area is 149 Å². The molecule has 1 aliphatic heterocycles. The Morgan fingerprint density at radius 3 is 2.64 bits per heavy atom. The first-order chi connectivity index (χ1) is 12.2. The number of hydrogen-bond donors (Lipinski definition) is 1. The van der Waals surface area contributed by atoms with Crippen LogP contribution in [0, 0.1) is 0 Å². The van der Waals surface area contributed by atoms with E-state index in [4.69, 9.17) is 9.47 Å². The van der Waals surface area contributed by atoms with Gasteiger partial charge in [0, 0.05) is 32.0 Å². The third-order valence-corrected chi connectivity index (χ3v) is 4.66. The lowest BCUT2D eigenvalue weighted by molar-refractivity contribution is 0.00458. The molecule has 0 bridgehead atoms. The van der Waals surface area contributed by atoms with Crippen molar-refractivity contribution in [3.8, 4) is 5.75 Å². The molecule has 0 aliphatic carbocycles. The third kappa shape index (κ3) is 5.29. The van der Waals surface area contributed by atoms with E-state index in [0.717, 1.165) is 37.2 Å². The molecule has 136 valence electrons. The molecule has 1 aromatic carbocycles. The smallest absolute Gasteiger partial charge is 0.118 e. The first-order valence-electron chi connectivity index (χ1n) is 8.85. The van der Waals surface area contributed by atoms with Crippen LogP contribution in [0.4, 0.5) is 0 Å². The normalized spacial score (nSPS) is 17.5.